The largest absolute Gasteiger partial charge is 0.497 e. The van der Waals surface area contributed by atoms with E-state index in [9.17, 15) is 4.79 Å². The normalized spacial score (nSPS) is 12.0. The lowest BCUT2D eigenvalue weighted by molar-refractivity contribution is -0.115. The third kappa shape index (κ3) is 4.89. The average Bonchev–Trinajstić information content (AvgIpc) is 3.33. The van der Waals surface area contributed by atoms with Crippen LogP contribution in [0.25, 0.3) is 5.69 Å². The summed E-state index contributed by atoms with van der Waals surface area (Å²) in [6.07, 6.45) is 2.59. The van der Waals surface area contributed by atoms with E-state index in [0.717, 1.165) is 24.3 Å². The van der Waals surface area contributed by atoms with Gasteiger partial charge in [-0.05, 0) is 48.0 Å². The van der Waals surface area contributed by atoms with Crippen molar-refractivity contribution in [3.05, 3.63) is 36.1 Å². The number of aryl methyl sites for hydroxylation is 1. The molecule has 3 rings (SSSR count). The molecule has 0 saturated carbocycles. The second-order valence-corrected chi connectivity index (χ2v) is 7.30. The Labute approximate surface area is 166 Å². The summed E-state index contributed by atoms with van der Waals surface area (Å²) in [6.45, 7) is 3.86. The van der Waals surface area contributed by atoms with Gasteiger partial charge in [0.15, 0.2) is 5.82 Å². The van der Waals surface area contributed by atoms with Crippen LogP contribution in [0.4, 0.5) is 5.82 Å². The number of ether oxygens (including phenoxy) is 1. The van der Waals surface area contributed by atoms with Gasteiger partial charge in [0, 0.05) is 6.07 Å². The highest BCUT2D eigenvalue weighted by atomic mass is 32.2. The lowest BCUT2D eigenvalue weighted by Crippen LogP contribution is -2.26. The molecule has 1 amide bonds. The molecule has 0 aliphatic carbocycles. The van der Waals surface area contributed by atoms with Crippen LogP contribution < -0.4 is 10.1 Å². The minimum atomic E-state index is -0.361. The molecule has 0 bridgehead atoms. The van der Waals surface area contributed by atoms with Gasteiger partial charge in [0.1, 0.15) is 11.5 Å². The van der Waals surface area contributed by atoms with E-state index in [2.05, 4.69) is 32.9 Å². The van der Waals surface area contributed by atoms with Crippen LogP contribution in [0.1, 0.15) is 31.9 Å². The predicted molar refractivity (Wildman–Crippen MR) is 105 cm³/mol. The number of amides is 1. The molecular formula is C18H22N6O3S. The number of rotatable bonds is 9. The molecular weight excluding hydrogens is 380 g/mol. The number of methoxy groups -OCH3 is 1. The monoisotopic (exact) mass is 402 g/mol. The Morgan fingerprint density at radius 2 is 2.14 bits per heavy atom. The number of carbonyl (C=O) groups excluding carboxylic acids is 1. The van der Waals surface area contributed by atoms with Crippen LogP contribution in [0.15, 0.2) is 40.0 Å². The molecule has 2 aromatic heterocycles. The number of nitrogens with one attached hydrogen (secondary N) is 1. The van der Waals surface area contributed by atoms with Crippen molar-refractivity contribution in [2.75, 3.05) is 12.4 Å². The number of tetrazole rings is 1. The van der Waals surface area contributed by atoms with Gasteiger partial charge in [-0.15, -0.1) is 5.10 Å². The molecule has 2 heterocycles. The maximum absolute atomic E-state index is 12.8. The van der Waals surface area contributed by atoms with Gasteiger partial charge in [-0.3, -0.25) is 4.79 Å². The molecule has 0 spiro atoms. The first kappa shape index (κ1) is 19.9. The van der Waals surface area contributed by atoms with E-state index in [1.54, 1.807) is 24.8 Å². The highest BCUT2D eigenvalue weighted by Gasteiger charge is 2.24. The van der Waals surface area contributed by atoms with Crippen molar-refractivity contribution in [3.8, 4) is 11.4 Å². The van der Waals surface area contributed by atoms with Gasteiger partial charge in [0.05, 0.1) is 18.0 Å². The van der Waals surface area contributed by atoms with Crippen LogP contribution >= 0.6 is 11.8 Å². The molecule has 1 aromatic carbocycles. The Kier molecular flexibility index (Phi) is 6.64. The van der Waals surface area contributed by atoms with E-state index < -0.39 is 0 Å². The Morgan fingerprint density at radius 3 is 2.79 bits per heavy atom. The topological polar surface area (TPSA) is 108 Å². The van der Waals surface area contributed by atoms with Crippen LogP contribution in [0.5, 0.6) is 5.75 Å². The average molecular weight is 402 g/mol. The molecule has 1 N–H and O–H groups in total. The summed E-state index contributed by atoms with van der Waals surface area (Å²) in [5.74, 6) is 1.63. The third-order valence-electron chi connectivity index (χ3n) is 4.00. The molecule has 1 unspecified atom stereocenters. The van der Waals surface area contributed by atoms with Crippen molar-refractivity contribution in [3.63, 3.8) is 0 Å². The first-order valence-corrected chi connectivity index (χ1v) is 9.82. The number of carbonyl (C=O) groups is 1. The highest BCUT2D eigenvalue weighted by molar-refractivity contribution is 8.00. The van der Waals surface area contributed by atoms with Crippen LogP contribution in [0, 0.1) is 6.92 Å². The molecule has 0 fully saturated rings. The minimum absolute atomic E-state index is 0.156. The first-order chi connectivity index (χ1) is 13.6. The van der Waals surface area contributed by atoms with E-state index in [1.165, 1.54) is 11.8 Å². The first-order valence-electron chi connectivity index (χ1n) is 8.94. The Bertz CT molecular complexity index is 908. The zero-order chi connectivity index (χ0) is 19.9. The molecule has 10 heteroatoms. The van der Waals surface area contributed by atoms with Crippen LogP contribution in [0.3, 0.4) is 0 Å². The van der Waals surface area contributed by atoms with Gasteiger partial charge >= 0.3 is 0 Å². The number of aromatic nitrogens is 5. The number of thioether (sulfide) groups is 1. The minimum Gasteiger partial charge on any atom is -0.497 e. The van der Waals surface area contributed by atoms with Gasteiger partial charge in [0.25, 0.3) is 0 Å². The zero-order valence-corrected chi connectivity index (χ0v) is 16.8. The molecule has 0 aliphatic rings. The fraction of sp³-hybridized carbons (Fsp3) is 0.389. The van der Waals surface area contributed by atoms with E-state index in [1.807, 2.05) is 24.3 Å². The molecule has 28 heavy (non-hydrogen) atoms. The SMILES string of the molecule is CCCCC(Sc1nnnn1-c1ccc(OC)cc1)C(=O)Nc1cc(C)on1. The van der Waals surface area contributed by atoms with Crippen molar-refractivity contribution in [1.29, 1.82) is 0 Å². The maximum Gasteiger partial charge on any atom is 0.239 e. The second-order valence-electron chi connectivity index (χ2n) is 6.13. The number of hydrogen-bond acceptors (Lipinski definition) is 8. The number of unbranched alkanes of at least 4 members (excludes halogenated alkanes) is 1. The van der Waals surface area contributed by atoms with Gasteiger partial charge in [0.2, 0.25) is 11.1 Å². The molecule has 9 nitrogen and oxygen atoms in total. The Balaban J connectivity index is 1.77. The fourth-order valence-corrected chi connectivity index (χ4v) is 3.56. The summed E-state index contributed by atoms with van der Waals surface area (Å²) >= 11 is 1.33. The van der Waals surface area contributed by atoms with Crippen molar-refractivity contribution in [1.82, 2.24) is 25.4 Å². The van der Waals surface area contributed by atoms with E-state index in [0.29, 0.717) is 23.2 Å². The summed E-state index contributed by atoms with van der Waals surface area (Å²) in [4.78, 5) is 12.8. The van der Waals surface area contributed by atoms with Gasteiger partial charge in [-0.2, -0.15) is 4.68 Å². The molecule has 0 aliphatic heterocycles. The van der Waals surface area contributed by atoms with E-state index >= 15 is 0 Å². The quantitative estimate of drug-likeness (QED) is 0.543. The molecule has 1 atom stereocenters. The lowest BCUT2D eigenvalue weighted by Gasteiger charge is -2.14. The van der Waals surface area contributed by atoms with Gasteiger partial charge < -0.3 is 14.6 Å². The maximum atomic E-state index is 12.8. The number of benzene rings is 1. The Morgan fingerprint density at radius 1 is 1.36 bits per heavy atom. The lowest BCUT2D eigenvalue weighted by atomic mass is 10.2. The van der Waals surface area contributed by atoms with Crippen LogP contribution in [-0.4, -0.2) is 43.6 Å². The van der Waals surface area contributed by atoms with Crippen molar-refractivity contribution >= 4 is 23.5 Å². The van der Waals surface area contributed by atoms with Gasteiger partial charge in [-0.25, -0.2) is 0 Å². The number of anilines is 1. The molecule has 0 radical (unpaired) electrons. The summed E-state index contributed by atoms with van der Waals surface area (Å²) in [6, 6.07) is 9.07. The fourth-order valence-electron chi connectivity index (χ4n) is 2.53. The highest BCUT2D eigenvalue weighted by Crippen LogP contribution is 2.28. The smallest absolute Gasteiger partial charge is 0.239 e. The van der Waals surface area contributed by atoms with Crippen molar-refractivity contribution in [2.45, 2.75) is 43.5 Å². The van der Waals surface area contributed by atoms with E-state index in [4.69, 9.17) is 9.26 Å². The summed E-state index contributed by atoms with van der Waals surface area (Å²) in [5.41, 5.74) is 0.787. The zero-order valence-electron chi connectivity index (χ0n) is 16.0. The van der Waals surface area contributed by atoms with E-state index in [-0.39, 0.29) is 11.2 Å². The third-order valence-corrected chi connectivity index (χ3v) is 5.20. The number of hydrogen-bond donors (Lipinski definition) is 1. The standard InChI is InChI=1S/C18H22N6O3S/c1-4-5-6-15(17(25)19-16-11-12(2)27-21-16)28-18-20-22-23-24(18)13-7-9-14(26-3)10-8-13/h7-11,15H,4-6H2,1-3H3,(H,19,21,25). The molecule has 148 valence electrons. The summed E-state index contributed by atoms with van der Waals surface area (Å²) in [7, 11) is 1.61. The summed E-state index contributed by atoms with van der Waals surface area (Å²) < 4.78 is 11.8. The van der Waals surface area contributed by atoms with Crippen LogP contribution in [0.2, 0.25) is 0 Å². The second kappa shape index (κ2) is 9.36. The van der Waals surface area contributed by atoms with Crippen molar-refractivity contribution in [2.24, 2.45) is 0 Å². The van der Waals surface area contributed by atoms with Crippen LogP contribution in [-0.2, 0) is 4.79 Å². The molecule has 0 saturated heterocycles. The van der Waals surface area contributed by atoms with Crippen molar-refractivity contribution < 1.29 is 14.1 Å². The molecule has 3 aromatic rings. The Hall–Kier alpha value is -2.88. The number of nitrogens with zero attached hydrogens (tertiary/aromatic N) is 5. The predicted octanol–water partition coefficient (Wildman–Crippen LogP) is 3.26. The van der Waals surface area contributed by atoms with Gasteiger partial charge in [-0.1, -0.05) is 36.7 Å². The summed E-state index contributed by atoms with van der Waals surface area (Å²) in [5, 5.41) is 18.7.